The highest BCUT2D eigenvalue weighted by Crippen LogP contribution is 2.34. The molecular formula is C15H19NO3S. The summed E-state index contributed by atoms with van der Waals surface area (Å²) >= 11 is 0. The lowest BCUT2D eigenvalue weighted by atomic mass is 10.0. The fraction of sp³-hybridized carbons (Fsp3) is 0.533. The highest BCUT2D eigenvalue weighted by molar-refractivity contribution is 7.91. The lowest BCUT2D eigenvalue weighted by molar-refractivity contribution is -0.135. The molecule has 0 radical (unpaired) electrons. The second-order valence-electron chi connectivity index (χ2n) is 5.70. The van der Waals surface area contributed by atoms with E-state index in [1.807, 2.05) is 35.2 Å². The molecule has 2 aliphatic heterocycles. The Kier molecular flexibility index (Phi) is 3.54. The van der Waals surface area contributed by atoms with Crippen molar-refractivity contribution >= 4 is 15.7 Å². The quantitative estimate of drug-likeness (QED) is 0.835. The third kappa shape index (κ3) is 2.59. The van der Waals surface area contributed by atoms with E-state index in [-0.39, 0.29) is 29.4 Å². The Balaban J connectivity index is 1.78. The van der Waals surface area contributed by atoms with Gasteiger partial charge in [0.15, 0.2) is 9.84 Å². The molecule has 20 heavy (non-hydrogen) atoms. The first-order valence-corrected chi connectivity index (χ1v) is 8.95. The van der Waals surface area contributed by atoms with Crippen LogP contribution in [0.5, 0.6) is 0 Å². The Bertz CT molecular complexity index is 597. The Morgan fingerprint density at radius 3 is 2.55 bits per heavy atom. The van der Waals surface area contributed by atoms with Crippen molar-refractivity contribution in [2.75, 3.05) is 18.1 Å². The average Bonchev–Trinajstić information content (AvgIpc) is 3.05. The molecule has 0 aliphatic carbocycles. The normalized spacial score (nSPS) is 28.7. The lowest BCUT2D eigenvalue weighted by Crippen LogP contribution is -2.36. The maximum Gasteiger partial charge on any atom is 0.227 e. The smallest absolute Gasteiger partial charge is 0.227 e. The van der Waals surface area contributed by atoms with E-state index in [4.69, 9.17) is 0 Å². The van der Waals surface area contributed by atoms with Crippen LogP contribution in [0.4, 0.5) is 0 Å². The Morgan fingerprint density at radius 2 is 1.90 bits per heavy atom. The van der Waals surface area contributed by atoms with Gasteiger partial charge in [0.05, 0.1) is 23.5 Å². The van der Waals surface area contributed by atoms with Gasteiger partial charge in [0.2, 0.25) is 5.91 Å². The summed E-state index contributed by atoms with van der Waals surface area (Å²) in [6.07, 6.45) is 2.44. The molecule has 4 nitrogen and oxygen atoms in total. The van der Waals surface area contributed by atoms with Crippen molar-refractivity contribution in [3.8, 4) is 0 Å². The van der Waals surface area contributed by atoms with Crippen molar-refractivity contribution in [2.24, 2.45) is 5.92 Å². The summed E-state index contributed by atoms with van der Waals surface area (Å²) in [5.74, 6) is -0.112. The number of hydrogen-bond donors (Lipinski definition) is 0. The molecule has 3 rings (SSSR count). The number of nitrogens with zero attached hydrogens (tertiary/aromatic N) is 1. The van der Waals surface area contributed by atoms with Crippen molar-refractivity contribution in [1.82, 2.24) is 4.90 Å². The molecule has 0 spiro atoms. The van der Waals surface area contributed by atoms with Gasteiger partial charge < -0.3 is 4.90 Å². The predicted molar refractivity (Wildman–Crippen MR) is 76.9 cm³/mol. The Hall–Kier alpha value is -1.36. The molecule has 1 aromatic rings. The first-order valence-electron chi connectivity index (χ1n) is 7.13. The maximum atomic E-state index is 12.6. The zero-order valence-electron chi connectivity index (χ0n) is 11.4. The van der Waals surface area contributed by atoms with Gasteiger partial charge >= 0.3 is 0 Å². The highest BCUT2D eigenvalue weighted by atomic mass is 32.2. The van der Waals surface area contributed by atoms with E-state index >= 15 is 0 Å². The van der Waals surface area contributed by atoms with Crippen molar-refractivity contribution in [1.29, 1.82) is 0 Å². The van der Waals surface area contributed by atoms with Crippen LogP contribution in [0.25, 0.3) is 0 Å². The molecule has 2 fully saturated rings. The average molecular weight is 293 g/mol. The van der Waals surface area contributed by atoms with E-state index < -0.39 is 9.84 Å². The molecule has 0 saturated carbocycles. The van der Waals surface area contributed by atoms with Crippen LogP contribution in [0.3, 0.4) is 0 Å². The van der Waals surface area contributed by atoms with Crippen LogP contribution in [-0.4, -0.2) is 37.3 Å². The summed E-state index contributed by atoms with van der Waals surface area (Å²) in [7, 11) is -3.00. The van der Waals surface area contributed by atoms with Crippen LogP contribution in [0.15, 0.2) is 30.3 Å². The van der Waals surface area contributed by atoms with Crippen molar-refractivity contribution < 1.29 is 13.2 Å². The second kappa shape index (κ2) is 5.20. The number of carbonyl (C=O) groups is 1. The van der Waals surface area contributed by atoms with Crippen molar-refractivity contribution in [3.63, 3.8) is 0 Å². The molecule has 2 atom stereocenters. The molecule has 2 heterocycles. The van der Waals surface area contributed by atoms with Gasteiger partial charge in [0, 0.05) is 6.54 Å². The minimum absolute atomic E-state index is 0.0254. The van der Waals surface area contributed by atoms with E-state index in [1.54, 1.807) is 0 Å². The van der Waals surface area contributed by atoms with Gasteiger partial charge in [-0.3, -0.25) is 4.79 Å². The van der Waals surface area contributed by atoms with Gasteiger partial charge in [-0.15, -0.1) is 0 Å². The Morgan fingerprint density at radius 1 is 1.15 bits per heavy atom. The molecule has 5 heteroatoms. The Labute approximate surface area is 119 Å². The molecule has 0 N–H and O–H groups in total. The van der Waals surface area contributed by atoms with E-state index in [9.17, 15) is 13.2 Å². The third-order valence-electron chi connectivity index (χ3n) is 4.30. The van der Waals surface area contributed by atoms with E-state index in [1.165, 1.54) is 0 Å². The summed E-state index contributed by atoms with van der Waals surface area (Å²) in [5, 5.41) is 0. The standard InChI is InChI=1S/C15H19NO3S/c17-15(13-8-10-20(18,19)11-13)16-9-4-7-14(16)12-5-2-1-3-6-12/h1-3,5-6,13-14H,4,7-11H2/t13-,14-/m0/s1. The minimum Gasteiger partial charge on any atom is -0.335 e. The molecule has 1 amide bonds. The van der Waals surface area contributed by atoms with Gasteiger partial charge in [-0.1, -0.05) is 30.3 Å². The molecule has 0 unspecified atom stereocenters. The molecule has 108 valence electrons. The number of likely N-dealkylation sites (tertiary alicyclic amines) is 1. The van der Waals surface area contributed by atoms with Gasteiger partial charge in [0.25, 0.3) is 0 Å². The van der Waals surface area contributed by atoms with Crippen molar-refractivity contribution in [2.45, 2.75) is 25.3 Å². The summed E-state index contributed by atoms with van der Waals surface area (Å²) < 4.78 is 23.1. The van der Waals surface area contributed by atoms with Gasteiger partial charge in [-0.2, -0.15) is 0 Å². The van der Waals surface area contributed by atoms with Crippen LogP contribution >= 0.6 is 0 Å². The zero-order valence-corrected chi connectivity index (χ0v) is 12.2. The fourth-order valence-electron chi connectivity index (χ4n) is 3.28. The second-order valence-corrected chi connectivity index (χ2v) is 7.93. The van der Waals surface area contributed by atoms with Crippen LogP contribution < -0.4 is 0 Å². The SMILES string of the molecule is O=C([C@H]1CCS(=O)(=O)C1)N1CCC[C@H]1c1ccccc1. The summed E-state index contributed by atoms with van der Waals surface area (Å²) in [4.78, 5) is 14.5. The largest absolute Gasteiger partial charge is 0.335 e. The van der Waals surface area contributed by atoms with Crippen molar-refractivity contribution in [3.05, 3.63) is 35.9 Å². The van der Waals surface area contributed by atoms with E-state index in [2.05, 4.69) is 0 Å². The lowest BCUT2D eigenvalue weighted by Gasteiger charge is -2.27. The molecule has 2 saturated heterocycles. The molecule has 2 aliphatic rings. The summed E-state index contributed by atoms with van der Waals surface area (Å²) in [5.41, 5.74) is 1.15. The minimum atomic E-state index is -3.00. The van der Waals surface area contributed by atoms with Crippen LogP contribution in [0.2, 0.25) is 0 Å². The first-order chi connectivity index (χ1) is 9.57. The summed E-state index contributed by atoms with van der Waals surface area (Å²) in [6.45, 7) is 0.745. The zero-order chi connectivity index (χ0) is 14.2. The van der Waals surface area contributed by atoms with Crippen LogP contribution in [-0.2, 0) is 14.6 Å². The van der Waals surface area contributed by atoms with E-state index in [0.717, 1.165) is 24.9 Å². The van der Waals surface area contributed by atoms with E-state index in [0.29, 0.717) is 6.42 Å². The molecule has 1 aromatic carbocycles. The maximum absolute atomic E-state index is 12.6. The third-order valence-corrected chi connectivity index (χ3v) is 6.07. The molecule has 0 aromatic heterocycles. The number of carbonyl (C=O) groups excluding carboxylic acids is 1. The predicted octanol–water partition coefficient (Wildman–Crippen LogP) is 1.78. The van der Waals surface area contributed by atoms with Gasteiger partial charge in [-0.05, 0) is 24.8 Å². The molecular weight excluding hydrogens is 274 g/mol. The number of sulfone groups is 1. The monoisotopic (exact) mass is 293 g/mol. The topological polar surface area (TPSA) is 54.5 Å². The van der Waals surface area contributed by atoms with Crippen LogP contribution in [0.1, 0.15) is 30.9 Å². The number of amides is 1. The highest BCUT2D eigenvalue weighted by Gasteiger charge is 2.39. The molecule has 0 bridgehead atoms. The number of hydrogen-bond acceptors (Lipinski definition) is 3. The van der Waals surface area contributed by atoms with Gasteiger partial charge in [0.1, 0.15) is 0 Å². The van der Waals surface area contributed by atoms with Crippen LogP contribution in [0, 0.1) is 5.92 Å². The first kappa shape index (κ1) is 13.6. The summed E-state index contributed by atoms with van der Waals surface area (Å²) in [6, 6.07) is 10.1. The fourth-order valence-corrected chi connectivity index (χ4v) is 5.01. The van der Waals surface area contributed by atoms with Gasteiger partial charge in [-0.25, -0.2) is 8.42 Å². The number of rotatable bonds is 2. The number of benzene rings is 1.